The number of benzene rings is 1. The topological polar surface area (TPSA) is 67.9 Å². The first-order chi connectivity index (χ1) is 13.3. The van der Waals surface area contributed by atoms with Crippen molar-refractivity contribution in [3.8, 4) is 5.75 Å². The van der Waals surface area contributed by atoms with Gasteiger partial charge in [0.25, 0.3) is 0 Å². The molecule has 0 bridgehead atoms. The second-order valence-corrected chi connectivity index (χ2v) is 8.78. The van der Waals surface area contributed by atoms with E-state index in [1.165, 1.54) is 12.8 Å². The first kappa shape index (κ1) is 20.5. The average molecular weight is 389 g/mol. The zero-order valence-corrected chi connectivity index (χ0v) is 17.2. The molecule has 2 amide bonds. The Morgan fingerprint density at radius 3 is 2.39 bits per heavy atom. The first-order valence-corrected chi connectivity index (χ1v) is 10.4. The van der Waals surface area contributed by atoms with Crippen LogP contribution in [-0.2, 0) is 9.53 Å². The van der Waals surface area contributed by atoms with Crippen LogP contribution in [0.5, 0.6) is 5.75 Å². The summed E-state index contributed by atoms with van der Waals surface area (Å²) in [6.07, 6.45) is 5.93. The molecule has 1 aromatic carbocycles. The van der Waals surface area contributed by atoms with Gasteiger partial charge in [0.2, 0.25) is 5.91 Å². The third-order valence-corrected chi connectivity index (χ3v) is 5.22. The lowest BCUT2D eigenvalue weighted by atomic mass is 9.96. The van der Waals surface area contributed by atoms with E-state index in [2.05, 4.69) is 5.32 Å². The van der Waals surface area contributed by atoms with Gasteiger partial charge < -0.3 is 19.7 Å². The minimum atomic E-state index is -0.503. The van der Waals surface area contributed by atoms with E-state index in [1.54, 1.807) is 4.90 Å². The number of ether oxygens (including phenoxy) is 2. The lowest BCUT2D eigenvalue weighted by Gasteiger charge is -2.32. The first-order valence-electron chi connectivity index (χ1n) is 10.4. The van der Waals surface area contributed by atoms with Crippen molar-refractivity contribution < 1.29 is 19.1 Å². The molecule has 6 nitrogen and oxygen atoms in total. The molecule has 2 aliphatic rings. The van der Waals surface area contributed by atoms with Gasteiger partial charge in [0.05, 0.1) is 6.10 Å². The number of carbonyl (C=O) groups is 2. The number of hydrogen-bond acceptors (Lipinski definition) is 4. The summed E-state index contributed by atoms with van der Waals surface area (Å²) >= 11 is 0. The van der Waals surface area contributed by atoms with Crippen molar-refractivity contribution in [1.82, 2.24) is 4.90 Å². The molecular formula is C22H32N2O4. The Labute approximate surface area is 167 Å². The van der Waals surface area contributed by atoms with Crippen LogP contribution in [-0.4, -0.2) is 41.7 Å². The Morgan fingerprint density at radius 1 is 1.07 bits per heavy atom. The molecular weight excluding hydrogens is 356 g/mol. The summed E-state index contributed by atoms with van der Waals surface area (Å²) in [5.41, 5.74) is 0.256. The number of carbonyl (C=O) groups excluding carboxylic acids is 2. The molecule has 1 N–H and O–H groups in total. The number of piperidine rings is 1. The minimum absolute atomic E-state index is 0.00172. The van der Waals surface area contributed by atoms with Gasteiger partial charge in [-0.1, -0.05) is 6.07 Å². The Morgan fingerprint density at radius 2 is 1.75 bits per heavy atom. The maximum Gasteiger partial charge on any atom is 0.410 e. The van der Waals surface area contributed by atoms with Gasteiger partial charge in [-0.2, -0.15) is 0 Å². The fourth-order valence-corrected chi connectivity index (χ4v) is 3.74. The van der Waals surface area contributed by atoms with Gasteiger partial charge in [0.15, 0.2) is 0 Å². The summed E-state index contributed by atoms with van der Waals surface area (Å²) in [4.78, 5) is 26.5. The number of hydrogen-bond donors (Lipinski definition) is 1. The fourth-order valence-electron chi connectivity index (χ4n) is 3.74. The van der Waals surface area contributed by atoms with E-state index in [4.69, 9.17) is 9.47 Å². The van der Waals surface area contributed by atoms with E-state index in [0.717, 1.165) is 24.3 Å². The molecule has 2 fully saturated rings. The van der Waals surface area contributed by atoms with Crippen LogP contribution in [0.4, 0.5) is 10.5 Å². The molecule has 0 radical (unpaired) electrons. The van der Waals surface area contributed by atoms with Crippen molar-refractivity contribution in [1.29, 1.82) is 0 Å². The summed E-state index contributed by atoms with van der Waals surface area (Å²) in [6, 6.07) is 7.62. The molecule has 0 aromatic heterocycles. The van der Waals surface area contributed by atoms with E-state index in [0.29, 0.717) is 32.0 Å². The molecule has 154 valence electrons. The molecule has 1 saturated carbocycles. The highest BCUT2D eigenvalue weighted by atomic mass is 16.6. The average Bonchev–Trinajstić information content (AvgIpc) is 3.13. The quantitative estimate of drug-likeness (QED) is 0.819. The van der Waals surface area contributed by atoms with E-state index in [-0.39, 0.29) is 17.9 Å². The maximum atomic E-state index is 12.6. The molecule has 3 rings (SSSR count). The molecule has 1 heterocycles. The minimum Gasteiger partial charge on any atom is -0.490 e. The van der Waals surface area contributed by atoms with Crippen LogP contribution in [0.25, 0.3) is 0 Å². The van der Waals surface area contributed by atoms with Gasteiger partial charge >= 0.3 is 6.09 Å². The molecule has 6 heteroatoms. The highest BCUT2D eigenvalue weighted by molar-refractivity contribution is 5.92. The lowest BCUT2D eigenvalue weighted by Crippen LogP contribution is -2.43. The Kier molecular flexibility index (Phi) is 6.47. The second-order valence-electron chi connectivity index (χ2n) is 8.78. The Balaban J connectivity index is 1.48. The van der Waals surface area contributed by atoms with Gasteiger partial charge in [-0.05, 0) is 71.4 Å². The normalized spacial score (nSPS) is 18.8. The molecule has 1 saturated heterocycles. The zero-order valence-electron chi connectivity index (χ0n) is 17.2. The molecule has 0 spiro atoms. The zero-order chi connectivity index (χ0) is 20.1. The van der Waals surface area contributed by atoms with Gasteiger partial charge in [-0.3, -0.25) is 4.79 Å². The van der Waals surface area contributed by atoms with E-state index in [1.807, 2.05) is 45.0 Å². The second kappa shape index (κ2) is 8.84. The molecule has 28 heavy (non-hydrogen) atoms. The Hall–Kier alpha value is -2.24. The number of nitrogens with zero attached hydrogens (tertiary/aromatic N) is 1. The van der Waals surface area contributed by atoms with E-state index < -0.39 is 5.60 Å². The number of amides is 2. The molecule has 1 aliphatic carbocycles. The van der Waals surface area contributed by atoms with Crippen molar-refractivity contribution >= 4 is 17.7 Å². The van der Waals surface area contributed by atoms with Crippen molar-refractivity contribution in [3.05, 3.63) is 24.3 Å². The highest BCUT2D eigenvalue weighted by Crippen LogP contribution is 2.27. The predicted molar refractivity (Wildman–Crippen MR) is 108 cm³/mol. The summed E-state index contributed by atoms with van der Waals surface area (Å²) in [5.74, 6) is 0.712. The van der Waals surface area contributed by atoms with Gasteiger partial charge in [0, 0.05) is 30.8 Å². The predicted octanol–water partition coefficient (Wildman–Crippen LogP) is 4.59. The summed E-state index contributed by atoms with van der Waals surface area (Å²) in [7, 11) is 0. The van der Waals surface area contributed by atoms with Crippen LogP contribution in [0.3, 0.4) is 0 Å². The van der Waals surface area contributed by atoms with Crippen LogP contribution >= 0.6 is 0 Å². The largest absolute Gasteiger partial charge is 0.490 e. The van der Waals surface area contributed by atoms with Crippen LogP contribution in [0.1, 0.15) is 59.3 Å². The molecule has 0 unspecified atom stereocenters. The van der Waals surface area contributed by atoms with Crippen LogP contribution in [0, 0.1) is 5.92 Å². The number of likely N-dealkylation sites (tertiary alicyclic amines) is 1. The summed E-state index contributed by atoms with van der Waals surface area (Å²) in [6.45, 7) is 6.65. The van der Waals surface area contributed by atoms with Crippen molar-refractivity contribution in [2.24, 2.45) is 5.92 Å². The summed E-state index contributed by atoms with van der Waals surface area (Å²) < 4.78 is 11.4. The van der Waals surface area contributed by atoms with Gasteiger partial charge in [0.1, 0.15) is 11.4 Å². The van der Waals surface area contributed by atoms with Crippen molar-refractivity contribution in [2.75, 3.05) is 18.4 Å². The third-order valence-electron chi connectivity index (χ3n) is 5.22. The standard InChI is InChI=1S/C22H32N2O4/c1-22(2,3)28-21(26)24-13-11-16(12-14-24)20(25)23-17-7-6-10-19(15-17)27-18-8-4-5-9-18/h6-7,10,15-16,18H,4-5,8-9,11-14H2,1-3H3,(H,23,25). The van der Waals surface area contributed by atoms with E-state index >= 15 is 0 Å². The van der Waals surface area contributed by atoms with E-state index in [9.17, 15) is 9.59 Å². The van der Waals surface area contributed by atoms with Crippen molar-refractivity contribution in [3.63, 3.8) is 0 Å². The molecule has 1 aliphatic heterocycles. The number of rotatable bonds is 4. The number of nitrogens with one attached hydrogen (secondary N) is 1. The van der Waals surface area contributed by atoms with Crippen molar-refractivity contribution in [2.45, 2.75) is 71.0 Å². The highest BCUT2D eigenvalue weighted by Gasteiger charge is 2.30. The third kappa shape index (κ3) is 5.88. The van der Waals surface area contributed by atoms with Crippen LogP contribution in [0.15, 0.2) is 24.3 Å². The van der Waals surface area contributed by atoms with Gasteiger partial charge in [-0.25, -0.2) is 4.79 Å². The monoisotopic (exact) mass is 388 g/mol. The van der Waals surface area contributed by atoms with Gasteiger partial charge in [-0.15, -0.1) is 0 Å². The lowest BCUT2D eigenvalue weighted by molar-refractivity contribution is -0.121. The smallest absolute Gasteiger partial charge is 0.410 e. The molecule has 1 aromatic rings. The van der Waals surface area contributed by atoms with Crippen LogP contribution in [0.2, 0.25) is 0 Å². The fraction of sp³-hybridized carbons (Fsp3) is 0.636. The SMILES string of the molecule is CC(C)(C)OC(=O)N1CCC(C(=O)Nc2cccc(OC3CCCC3)c2)CC1. The Bertz CT molecular complexity index is 684. The number of anilines is 1. The summed E-state index contributed by atoms with van der Waals surface area (Å²) in [5, 5.41) is 3.01. The maximum absolute atomic E-state index is 12.6. The molecule has 0 atom stereocenters. The van der Waals surface area contributed by atoms with Crippen LogP contribution < -0.4 is 10.1 Å².